The Morgan fingerprint density at radius 1 is 1.57 bits per heavy atom. The molecule has 0 atom stereocenters. The van der Waals surface area contributed by atoms with Crippen LogP contribution in [-0.2, 0) is 4.79 Å². The SMILES string of the molecule is CC(C)(N)CSCCC(=O)NC1CC1. The number of amides is 1. The molecule has 3 N–H and O–H groups in total. The lowest BCUT2D eigenvalue weighted by Crippen LogP contribution is -2.35. The summed E-state index contributed by atoms with van der Waals surface area (Å²) < 4.78 is 0. The molecule has 0 unspecified atom stereocenters. The third kappa shape index (κ3) is 6.27. The molecule has 4 heteroatoms. The summed E-state index contributed by atoms with van der Waals surface area (Å²) in [6.07, 6.45) is 2.95. The van der Waals surface area contributed by atoms with Crippen LogP contribution in [-0.4, -0.2) is 29.0 Å². The third-order valence-corrected chi connectivity index (χ3v) is 3.33. The van der Waals surface area contributed by atoms with E-state index in [0.717, 1.165) is 24.3 Å². The van der Waals surface area contributed by atoms with Gasteiger partial charge in [-0.15, -0.1) is 0 Å². The molecule has 1 aliphatic carbocycles. The minimum absolute atomic E-state index is 0.127. The first-order valence-corrected chi connectivity index (χ1v) is 6.29. The van der Waals surface area contributed by atoms with Gasteiger partial charge in [-0.3, -0.25) is 4.79 Å². The molecule has 0 bridgehead atoms. The van der Waals surface area contributed by atoms with E-state index >= 15 is 0 Å². The lowest BCUT2D eigenvalue weighted by molar-refractivity contribution is -0.120. The van der Waals surface area contributed by atoms with E-state index in [2.05, 4.69) is 5.32 Å². The molecule has 0 heterocycles. The quantitative estimate of drug-likeness (QED) is 0.654. The van der Waals surface area contributed by atoms with Gasteiger partial charge in [0.05, 0.1) is 0 Å². The molecule has 1 fully saturated rings. The lowest BCUT2D eigenvalue weighted by atomic mass is 10.1. The van der Waals surface area contributed by atoms with Gasteiger partial charge in [-0.05, 0) is 26.7 Å². The molecule has 0 aliphatic heterocycles. The smallest absolute Gasteiger partial charge is 0.221 e. The summed E-state index contributed by atoms with van der Waals surface area (Å²) in [5.74, 6) is 1.97. The second-order valence-electron chi connectivity index (χ2n) is 4.63. The van der Waals surface area contributed by atoms with Gasteiger partial charge in [0.1, 0.15) is 0 Å². The largest absolute Gasteiger partial charge is 0.353 e. The number of carbonyl (C=O) groups excluding carboxylic acids is 1. The van der Waals surface area contributed by atoms with Crippen molar-refractivity contribution >= 4 is 17.7 Å². The van der Waals surface area contributed by atoms with E-state index in [1.807, 2.05) is 13.8 Å². The predicted octanol–water partition coefficient (Wildman–Crippen LogP) is 1.13. The number of rotatable bonds is 6. The summed E-state index contributed by atoms with van der Waals surface area (Å²) in [5, 5.41) is 2.97. The third-order valence-electron chi connectivity index (χ3n) is 1.89. The fourth-order valence-corrected chi connectivity index (χ4v) is 2.03. The van der Waals surface area contributed by atoms with Gasteiger partial charge in [-0.25, -0.2) is 0 Å². The average molecular weight is 216 g/mol. The molecule has 3 nitrogen and oxygen atoms in total. The fourth-order valence-electron chi connectivity index (χ4n) is 1.03. The minimum Gasteiger partial charge on any atom is -0.353 e. The molecule has 1 rings (SSSR count). The average Bonchev–Trinajstić information content (AvgIpc) is 2.80. The summed E-state index contributed by atoms with van der Waals surface area (Å²) in [5.41, 5.74) is 5.69. The summed E-state index contributed by atoms with van der Waals surface area (Å²) in [6.45, 7) is 4.01. The molecule has 1 saturated carbocycles. The topological polar surface area (TPSA) is 55.1 Å². The highest BCUT2D eigenvalue weighted by Crippen LogP contribution is 2.19. The van der Waals surface area contributed by atoms with Crippen molar-refractivity contribution in [1.82, 2.24) is 5.32 Å². The van der Waals surface area contributed by atoms with Gasteiger partial charge in [0.2, 0.25) is 5.91 Å². The van der Waals surface area contributed by atoms with Gasteiger partial charge in [0, 0.05) is 29.5 Å². The number of nitrogens with two attached hydrogens (primary N) is 1. The summed E-state index contributed by atoms with van der Waals surface area (Å²) in [6, 6.07) is 0.485. The van der Waals surface area contributed by atoms with Crippen LogP contribution in [0.15, 0.2) is 0 Å². The second-order valence-corrected chi connectivity index (χ2v) is 5.74. The number of hydrogen-bond donors (Lipinski definition) is 2. The maximum absolute atomic E-state index is 11.3. The van der Waals surface area contributed by atoms with Crippen molar-refractivity contribution in [3.63, 3.8) is 0 Å². The van der Waals surface area contributed by atoms with Crippen LogP contribution in [0.2, 0.25) is 0 Å². The van der Waals surface area contributed by atoms with Crippen LogP contribution in [0.5, 0.6) is 0 Å². The Hall–Kier alpha value is -0.220. The van der Waals surface area contributed by atoms with Gasteiger partial charge >= 0.3 is 0 Å². The van der Waals surface area contributed by atoms with Crippen molar-refractivity contribution in [3.8, 4) is 0 Å². The van der Waals surface area contributed by atoms with Crippen LogP contribution >= 0.6 is 11.8 Å². The molecule has 0 spiro atoms. The highest BCUT2D eigenvalue weighted by molar-refractivity contribution is 7.99. The zero-order chi connectivity index (χ0) is 10.6. The van der Waals surface area contributed by atoms with Crippen molar-refractivity contribution in [1.29, 1.82) is 0 Å². The molecule has 14 heavy (non-hydrogen) atoms. The van der Waals surface area contributed by atoms with Crippen LogP contribution in [0.4, 0.5) is 0 Å². The molecular weight excluding hydrogens is 196 g/mol. The maximum atomic E-state index is 11.3. The van der Waals surface area contributed by atoms with Crippen LogP contribution in [0, 0.1) is 0 Å². The first kappa shape index (κ1) is 11.9. The first-order chi connectivity index (χ1) is 6.47. The Bertz CT molecular complexity index is 197. The van der Waals surface area contributed by atoms with Crippen LogP contribution in [0.1, 0.15) is 33.1 Å². The van der Waals surface area contributed by atoms with E-state index in [4.69, 9.17) is 5.73 Å². The molecular formula is C10H20N2OS. The Labute approximate surface area is 90.2 Å². The van der Waals surface area contributed by atoms with Gasteiger partial charge in [-0.2, -0.15) is 11.8 Å². The van der Waals surface area contributed by atoms with E-state index in [-0.39, 0.29) is 11.4 Å². The first-order valence-electron chi connectivity index (χ1n) is 5.13. The van der Waals surface area contributed by atoms with Crippen molar-refractivity contribution in [2.45, 2.75) is 44.7 Å². The predicted molar refractivity (Wildman–Crippen MR) is 61.4 cm³/mol. The second kappa shape index (κ2) is 5.03. The number of carbonyl (C=O) groups is 1. The highest BCUT2D eigenvalue weighted by atomic mass is 32.2. The van der Waals surface area contributed by atoms with E-state index in [1.165, 1.54) is 0 Å². The van der Waals surface area contributed by atoms with E-state index in [9.17, 15) is 4.79 Å². The molecule has 0 aromatic rings. The number of hydrogen-bond acceptors (Lipinski definition) is 3. The fraction of sp³-hybridized carbons (Fsp3) is 0.900. The monoisotopic (exact) mass is 216 g/mol. The Morgan fingerprint density at radius 3 is 2.71 bits per heavy atom. The Morgan fingerprint density at radius 2 is 2.21 bits per heavy atom. The standard InChI is InChI=1S/C10H20N2OS/c1-10(2,11)7-14-6-5-9(13)12-8-3-4-8/h8H,3-7,11H2,1-2H3,(H,12,13). The lowest BCUT2D eigenvalue weighted by Gasteiger charge is -2.17. The van der Waals surface area contributed by atoms with Crippen molar-refractivity contribution in [2.24, 2.45) is 5.73 Å². The van der Waals surface area contributed by atoms with Gasteiger partial charge in [0.25, 0.3) is 0 Å². The molecule has 1 aliphatic rings. The molecule has 0 saturated heterocycles. The summed E-state index contributed by atoms with van der Waals surface area (Å²) >= 11 is 1.75. The zero-order valence-corrected chi connectivity index (χ0v) is 9.82. The number of nitrogens with one attached hydrogen (secondary N) is 1. The van der Waals surface area contributed by atoms with E-state index in [0.29, 0.717) is 12.5 Å². The van der Waals surface area contributed by atoms with Crippen LogP contribution in [0.25, 0.3) is 0 Å². The van der Waals surface area contributed by atoms with Crippen LogP contribution < -0.4 is 11.1 Å². The highest BCUT2D eigenvalue weighted by Gasteiger charge is 2.22. The number of thioether (sulfide) groups is 1. The summed E-state index contributed by atoms with van der Waals surface area (Å²) in [4.78, 5) is 11.3. The molecule has 0 radical (unpaired) electrons. The van der Waals surface area contributed by atoms with Gasteiger partial charge in [-0.1, -0.05) is 0 Å². The molecule has 82 valence electrons. The van der Waals surface area contributed by atoms with Crippen molar-refractivity contribution in [2.75, 3.05) is 11.5 Å². The molecule has 1 amide bonds. The van der Waals surface area contributed by atoms with Gasteiger partial charge in [0.15, 0.2) is 0 Å². The molecule has 0 aromatic heterocycles. The molecule has 0 aromatic carbocycles. The van der Waals surface area contributed by atoms with Crippen LogP contribution in [0.3, 0.4) is 0 Å². The Balaban J connectivity index is 1.94. The van der Waals surface area contributed by atoms with E-state index in [1.54, 1.807) is 11.8 Å². The maximum Gasteiger partial charge on any atom is 0.221 e. The van der Waals surface area contributed by atoms with Crippen molar-refractivity contribution in [3.05, 3.63) is 0 Å². The van der Waals surface area contributed by atoms with Gasteiger partial charge < -0.3 is 11.1 Å². The minimum atomic E-state index is -0.127. The summed E-state index contributed by atoms with van der Waals surface area (Å²) in [7, 11) is 0. The van der Waals surface area contributed by atoms with E-state index < -0.39 is 0 Å². The zero-order valence-electron chi connectivity index (χ0n) is 9.01. The van der Waals surface area contributed by atoms with Crippen molar-refractivity contribution < 1.29 is 4.79 Å². The normalized spacial score (nSPS) is 16.8. The Kier molecular flexibility index (Phi) is 4.26.